The predicted molar refractivity (Wildman–Crippen MR) is 262 cm³/mol. The molecule has 0 radical (unpaired) electrons. The van der Waals surface area contributed by atoms with Gasteiger partial charge in [0.1, 0.15) is 11.7 Å². The number of hydrogen-bond donors (Lipinski definition) is 0. The van der Waals surface area contributed by atoms with Crippen LogP contribution in [0.3, 0.4) is 0 Å². The number of nitrogens with zero attached hydrogens (tertiary/aromatic N) is 3. The molecule has 3 nitrogen and oxygen atoms in total. The van der Waals surface area contributed by atoms with Crippen LogP contribution in [0.25, 0.3) is 43.8 Å². The molecule has 0 unspecified atom stereocenters. The summed E-state index contributed by atoms with van der Waals surface area (Å²) in [6, 6.07) is 78.5. The summed E-state index contributed by atoms with van der Waals surface area (Å²) in [4.78, 5) is 8.77. The highest BCUT2D eigenvalue weighted by Crippen LogP contribution is 2.62. The Morgan fingerprint density at radius 3 is 1.74 bits per heavy atom. The van der Waals surface area contributed by atoms with E-state index in [9.17, 15) is 0 Å². The maximum absolute atomic E-state index is 2.57. The Balaban J connectivity index is 1.12. The zero-order valence-corrected chi connectivity index (χ0v) is 35.3. The summed E-state index contributed by atoms with van der Waals surface area (Å²) >= 11 is 1.86. The molecule has 0 N–H and O–H groups in total. The van der Waals surface area contributed by atoms with Crippen molar-refractivity contribution in [2.75, 3.05) is 21.4 Å². The molecule has 1 aromatic heterocycles. The summed E-state index contributed by atoms with van der Waals surface area (Å²) in [6.45, 7) is 0.722. The van der Waals surface area contributed by atoms with Gasteiger partial charge in [-0.15, -0.1) is 11.3 Å². The molecule has 298 valence electrons. The molecule has 1 saturated carbocycles. The molecule has 0 saturated heterocycles. The second-order valence-corrected chi connectivity index (χ2v) is 17.9. The van der Waals surface area contributed by atoms with E-state index in [0.717, 1.165) is 25.2 Å². The molecule has 2 heterocycles. The third-order valence-electron chi connectivity index (χ3n) is 13.5. The number of fused-ring (bicyclic) bond motifs is 6. The van der Waals surface area contributed by atoms with Crippen LogP contribution in [0.1, 0.15) is 36.8 Å². The Bertz CT molecular complexity index is 3040. The largest absolute Gasteiger partial charge is 0.321 e. The number of anilines is 7. The van der Waals surface area contributed by atoms with Gasteiger partial charge in [-0.25, -0.2) is 0 Å². The third-order valence-corrected chi connectivity index (χ3v) is 14.6. The van der Waals surface area contributed by atoms with Crippen molar-refractivity contribution < 1.29 is 0 Å². The van der Waals surface area contributed by atoms with E-state index in [0.29, 0.717) is 0 Å². The van der Waals surface area contributed by atoms with Crippen LogP contribution in [0, 0.1) is 0 Å². The van der Waals surface area contributed by atoms with Crippen molar-refractivity contribution in [3.63, 3.8) is 0 Å². The summed E-state index contributed by atoms with van der Waals surface area (Å²) in [7, 11) is 0. The Kier molecular flexibility index (Phi) is 8.93. The van der Waals surface area contributed by atoms with Crippen LogP contribution in [0.2, 0.25) is 0 Å². The van der Waals surface area contributed by atoms with Crippen molar-refractivity contribution in [2.24, 2.45) is 0 Å². The lowest BCUT2D eigenvalue weighted by Crippen LogP contribution is -2.24. The van der Waals surface area contributed by atoms with Crippen LogP contribution in [0.4, 0.5) is 39.1 Å². The van der Waals surface area contributed by atoms with Gasteiger partial charge in [-0.1, -0.05) is 158 Å². The molecule has 8 aromatic carbocycles. The summed E-state index contributed by atoms with van der Waals surface area (Å²) in [5.41, 5.74) is 19.1. The van der Waals surface area contributed by atoms with E-state index >= 15 is 0 Å². The second-order valence-electron chi connectivity index (χ2n) is 16.8. The van der Waals surface area contributed by atoms with E-state index in [2.05, 4.69) is 227 Å². The van der Waals surface area contributed by atoms with Crippen molar-refractivity contribution in [3.8, 4) is 43.8 Å². The van der Waals surface area contributed by atoms with Gasteiger partial charge < -0.3 is 14.7 Å². The molecule has 0 bridgehead atoms. The van der Waals surface area contributed by atoms with E-state index in [-0.39, 0.29) is 5.41 Å². The first kappa shape index (κ1) is 36.7. The van der Waals surface area contributed by atoms with Gasteiger partial charge in [0.2, 0.25) is 0 Å². The number of rotatable bonds is 8. The molecule has 1 aliphatic heterocycles. The van der Waals surface area contributed by atoms with Crippen molar-refractivity contribution in [1.82, 2.24) is 0 Å². The fourth-order valence-corrected chi connectivity index (χ4v) is 11.7. The van der Waals surface area contributed by atoms with Gasteiger partial charge in [0.25, 0.3) is 0 Å². The van der Waals surface area contributed by atoms with Crippen LogP contribution in [0.15, 0.2) is 212 Å². The Hall–Kier alpha value is -7.14. The molecule has 62 heavy (non-hydrogen) atoms. The van der Waals surface area contributed by atoms with Crippen LogP contribution >= 0.6 is 11.3 Å². The molecule has 0 atom stereocenters. The molecule has 0 amide bonds. The lowest BCUT2D eigenvalue weighted by Gasteiger charge is -2.30. The lowest BCUT2D eigenvalue weighted by atomic mass is 9.76. The smallest absolute Gasteiger partial charge is 0.101 e. The Labute approximate surface area is 368 Å². The minimum Gasteiger partial charge on any atom is -0.321 e. The topological polar surface area (TPSA) is 9.72 Å². The molecule has 1 spiro atoms. The van der Waals surface area contributed by atoms with Gasteiger partial charge in [-0.2, -0.15) is 0 Å². The van der Waals surface area contributed by atoms with Gasteiger partial charge in [0.15, 0.2) is 0 Å². The maximum Gasteiger partial charge on any atom is 0.101 e. The molecule has 4 heteroatoms. The Morgan fingerprint density at radius 1 is 0.435 bits per heavy atom. The van der Waals surface area contributed by atoms with Gasteiger partial charge in [0.05, 0.1) is 11.4 Å². The van der Waals surface area contributed by atoms with Crippen LogP contribution in [0.5, 0.6) is 0 Å². The molecular formula is C58H45N3S. The van der Waals surface area contributed by atoms with Crippen LogP contribution < -0.4 is 14.7 Å². The standard InChI is InChI=1S/C58H45N3S/c1-5-18-41(19-6-1)42-30-32-46(33-31-42)61(55-35-34-54(62-55)43-20-7-2-8-21-43)47-38-50(56-49-26-13-14-28-51(49)58(52(56)39-47)36-15-16-37-58)48-27-17-29-53-57(48)60(45-24-11-4-12-25-45)40-59(53)44-22-9-3-10-23-44/h1-14,17-35,38-39H,15-16,36-37,40H2. The van der Waals surface area contributed by atoms with Crippen molar-refractivity contribution in [1.29, 1.82) is 0 Å². The number of benzene rings is 8. The van der Waals surface area contributed by atoms with Crippen molar-refractivity contribution in [3.05, 3.63) is 223 Å². The molecule has 9 aromatic rings. The molecule has 3 aliphatic rings. The predicted octanol–water partition coefficient (Wildman–Crippen LogP) is 16.3. The average molecular weight is 816 g/mol. The minimum absolute atomic E-state index is 0.0304. The van der Waals surface area contributed by atoms with Gasteiger partial charge >= 0.3 is 0 Å². The van der Waals surface area contributed by atoms with Crippen molar-refractivity contribution >= 4 is 50.5 Å². The van der Waals surface area contributed by atoms with E-state index in [1.807, 2.05) is 11.3 Å². The summed E-state index contributed by atoms with van der Waals surface area (Å²) in [5, 5.41) is 1.19. The zero-order chi connectivity index (χ0) is 41.0. The normalized spacial score (nSPS) is 14.5. The summed E-state index contributed by atoms with van der Waals surface area (Å²) in [5.74, 6) is 0. The number of hydrogen-bond acceptors (Lipinski definition) is 4. The highest BCUT2D eigenvalue weighted by atomic mass is 32.1. The van der Waals surface area contributed by atoms with Crippen molar-refractivity contribution in [2.45, 2.75) is 31.1 Å². The van der Waals surface area contributed by atoms with Gasteiger partial charge in [-0.05, 0) is 124 Å². The number of para-hydroxylation sites is 3. The highest BCUT2D eigenvalue weighted by Gasteiger charge is 2.47. The first-order valence-corrected chi connectivity index (χ1v) is 22.7. The monoisotopic (exact) mass is 815 g/mol. The molecular weight excluding hydrogens is 771 g/mol. The fourth-order valence-electron chi connectivity index (χ4n) is 10.6. The zero-order valence-electron chi connectivity index (χ0n) is 34.5. The maximum atomic E-state index is 2.57. The number of thiophene rings is 1. The highest BCUT2D eigenvalue weighted by molar-refractivity contribution is 7.19. The second kappa shape index (κ2) is 15.1. The average Bonchev–Trinajstić information content (AvgIpc) is 4.17. The molecule has 1 fully saturated rings. The van der Waals surface area contributed by atoms with Gasteiger partial charge in [-0.3, -0.25) is 0 Å². The van der Waals surface area contributed by atoms with Crippen LogP contribution in [-0.4, -0.2) is 6.67 Å². The summed E-state index contributed by atoms with van der Waals surface area (Å²) in [6.07, 6.45) is 4.79. The first-order chi connectivity index (χ1) is 30.7. The first-order valence-electron chi connectivity index (χ1n) is 21.9. The quantitative estimate of drug-likeness (QED) is 0.151. The third kappa shape index (κ3) is 6.01. The van der Waals surface area contributed by atoms with E-state index in [4.69, 9.17) is 0 Å². The summed E-state index contributed by atoms with van der Waals surface area (Å²) < 4.78 is 0. The molecule has 12 rings (SSSR count). The minimum atomic E-state index is -0.0304. The van der Waals surface area contributed by atoms with E-state index in [1.54, 1.807) is 0 Å². The van der Waals surface area contributed by atoms with E-state index < -0.39 is 0 Å². The van der Waals surface area contributed by atoms with Gasteiger partial charge in [0, 0.05) is 38.6 Å². The fraction of sp³-hybridized carbons (Fsp3) is 0.103. The molecule has 2 aliphatic carbocycles. The Morgan fingerprint density at radius 2 is 1.03 bits per heavy atom. The SMILES string of the molecule is c1ccc(-c2ccc(N(c3cc(-c4cccc5c4N(c4ccccc4)CN5c4ccccc4)c4c(c3)C3(CCCC3)c3ccccc3-4)c3ccc(-c4ccccc4)s3)cc2)cc1. The lowest BCUT2D eigenvalue weighted by molar-refractivity contribution is 0.550. The van der Waals surface area contributed by atoms with Crippen LogP contribution in [-0.2, 0) is 5.41 Å². The van der Waals surface area contributed by atoms with E-state index in [1.165, 1.54) is 101 Å².